The Bertz CT molecular complexity index is 1500. The van der Waals surface area contributed by atoms with Crippen LogP contribution in [-0.4, -0.2) is 37.9 Å². The number of hydrogen-bond donors (Lipinski definition) is 0. The predicted molar refractivity (Wildman–Crippen MR) is 140 cm³/mol. The third-order valence-electron chi connectivity index (χ3n) is 7.26. The highest BCUT2D eigenvalue weighted by molar-refractivity contribution is 5.94. The predicted octanol–water partition coefficient (Wildman–Crippen LogP) is 3.94. The zero-order valence-electron chi connectivity index (χ0n) is 21.6. The minimum atomic E-state index is -0.656. The number of hydrogen-bond acceptors (Lipinski definition) is 5. The first-order valence-electron chi connectivity index (χ1n) is 12.4. The first-order valence-corrected chi connectivity index (χ1v) is 12.4. The summed E-state index contributed by atoms with van der Waals surface area (Å²) in [5.74, 6) is 0.639. The Morgan fingerprint density at radius 3 is 2.42 bits per heavy atom. The van der Waals surface area contributed by atoms with Gasteiger partial charge in [-0.15, -0.1) is 0 Å². The van der Waals surface area contributed by atoms with Crippen molar-refractivity contribution in [2.75, 3.05) is 11.4 Å². The summed E-state index contributed by atoms with van der Waals surface area (Å²) in [5.41, 5.74) is 2.33. The van der Waals surface area contributed by atoms with Crippen molar-refractivity contribution in [1.82, 2.24) is 13.9 Å². The van der Waals surface area contributed by atoms with Crippen molar-refractivity contribution in [2.24, 2.45) is 0 Å². The number of ether oxygens (including phenoxy) is 1. The van der Waals surface area contributed by atoms with Crippen LogP contribution in [0.25, 0.3) is 5.69 Å². The minimum Gasteiger partial charge on any atom is -0.483 e. The largest absolute Gasteiger partial charge is 0.483 e. The van der Waals surface area contributed by atoms with Gasteiger partial charge in [0.1, 0.15) is 17.4 Å². The van der Waals surface area contributed by atoms with E-state index in [2.05, 4.69) is 31.7 Å². The fourth-order valence-corrected chi connectivity index (χ4v) is 5.48. The lowest BCUT2D eigenvalue weighted by Crippen LogP contribution is -2.46. The highest BCUT2D eigenvalue weighted by atomic mass is 16.5. The Morgan fingerprint density at radius 2 is 1.81 bits per heavy atom. The van der Waals surface area contributed by atoms with Crippen molar-refractivity contribution in [3.63, 3.8) is 0 Å². The zero-order valence-corrected chi connectivity index (χ0v) is 21.6. The Labute approximate surface area is 210 Å². The molecule has 0 saturated heterocycles. The molecule has 8 nitrogen and oxygen atoms in total. The van der Waals surface area contributed by atoms with E-state index in [1.54, 1.807) is 28.9 Å². The van der Waals surface area contributed by atoms with Gasteiger partial charge >= 0.3 is 11.4 Å². The maximum atomic E-state index is 13.8. The monoisotopic (exact) mass is 488 g/mol. The molecule has 0 bridgehead atoms. The third kappa shape index (κ3) is 3.54. The van der Waals surface area contributed by atoms with Gasteiger partial charge in [-0.2, -0.15) is 0 Å². The van der Waals surface area contributed by atoms with Gasteiger partial charge in [0.2, 0.25) is 0 Å². The second-order valence-electron chi connectivity index (χ2n) is 10.2. The summed E-state index contributed by atoms with van der Waals surface area (Å²) in [6, 6.07) is 12.5. The molecule has 0 spiro atoms. The van der Waals surface area contributed by atoms with Gasteiger partial charge in [0.05, 0.1) is 12.2 Å². The van der Waals surface area contributed by atoms with Gasteiger partial charge in [0.25, 0.3) is 0 Å². The van der Waals surface area contributed by atoms with Crippen LogP contribution in [0.5, 0.6) is 5.75 Å². The fourth-order valence-electron chi connectivity index (χ4n) is 5.48. The highest BCUT2D eigenvalue weighted by Crippen LogP contribution is 2.47. The van der Waals surface area contributed by atoms with Crippen LogP contribution in [0.15, 0.2) is 63.7 Å². The second-order valence-corrected chi connectivity index (χ2v) is 10.2. The van der Waals surface area contributed by atoms with E-state index in [4.69, 9.17) is 4.74 Å². The van der Waals surface area contributed by atoms with Gasteiger partial charge in [0, 0.05) is 35.5 Å². The Kier molecular flexibility index (Phi) is 5.58. The molecule has 3 aromatic rings. The van der Waals surface area contributed by atoms with Crippen LogP contribution in [-0.2, 0) is 6.54 Å². The van der Waals surface area contributed by atoms with Gasteiger partial charge in [-0.05, 0) is 77.4 Å². The quantitative estimate of drug-likeness (QED) is 0.402. The molecule has 0 fully saturated rings. The molecule has 2 aliphatic heterocycles. The van der Waals surface area contributed by atoms with Gasteiger partial charge in [-0.1, -0.05) is 12.1 Å². The average Bonchev–Trinajstić information content (AvgIpc) is 3.08. The van der Waals surface area contributed by atoms with Crippen molar-refractivity contribution in [3.05, 3.63) is 86.2 Å². The normalized spacial score (nSPS) is 17.5. The van der Waals surface area contributed by atoms with Crippen molar-refractivity contribution in [2.45, 2.75) is 65.8 Å². The number of ketones is 1. The van der Waals surface area contributed by atoms with Gasteiger partial charge in [0.15, 0.2) is 5.78 Å². The summed E-state index contributed by atoms with van der Waals surface area (Å²) in [6.45, 7) is 13.0. The molecule has 36 heavy (non-hydrogen) atoms. The minimum absolute atomic E-state index is 0.0739. The number of aromatic nitrogens is 3. The Hall–Kier alpha value is -3.81. The van der Waals surface area contributed by atoms with Crippen molar-refractivity contribution >= 4 is 11.5 Å². The molecule has 0 aliphatic carbocycles. The van der Waals surface area contributed by atoms with Gasteiger partial charge in [-0.3, -0.25) is 4.79 Å². The Morgan fingerprint density at radius 1 is 1.11 bits per heavy atom. The van der Waals surface area contributed by atoms with Crippen LogP contribution in [0, 0.1) is 0 Å². The van der Waals surface area contributed by atoms with E-state index in [0.717, 1.165) is 23.4 Å². The number of allylic oxidation sites excluding steroid dienone is 1. The average molecular weight is 489 g/mol. The molecular formula is C28H32N4O4. The van der Waals surface area contributed by atoms with E-state index >= 15 is 0 Å². The summed E-state index contributed by atoms with van der Waals surface area (Å²) < 4.78 is 10.7. The molecule has 188 valence electrons. The zero-order chi connectivity index (χ0) is 25.9. The van der Waals surface area contributed by atoms with E-state index in [9.17, 15) is 14.4 Å². The van der Waals surface area contributed by atoms with E-state index in [-0.39, 0.29) is 12.3 Å². The first kappa shape index (κ1) is 23.9. The molecule has 1 atom stereocenters. The lowest BCUT2D eigenvalue weighted by molar-refractivity contribution is 0.101. The smallest absolute Gasteiger partial charge is 0.352 e. The number of rotatable bonds is 5. The maximum absolute atomic E-state index is 13.8. The molecular weight excluding hydrogens is 456 g/mol. The van der Waals surface area contributed by atoms with Crippen molar-refractivity contribution < 1.29 is 9.53 Å². The van der Waals surface area contributed by atoms with Crippen LogP contribution in [0.1, 0.15) is 63.5 Å². The lowest BCUT2D eigenvalue weighted by Gasteiger charge is -2.43. The molecule has 2 aromatic carbocycles. The molecule has 3 heterocycles. The fraction of sp³-hybridized carbons (Fsp3) is 0.393. The number of carbonyl (C=O) groups is 1. The standard InChI is InChI=1S/C28H32N4O4/c1-7-29(17(2)3)21-12-13-22-24(16-21)36-28(5,6)23-14-15-30-26(34)31(27(35)32(30)25(22)23)20-10-8-19(9-11-20)18(4)33/h8-14,16-17,25H,7,15H2,1-6H3. The summed E-state index contributed by atoms with van der Waals surface area (Å²) in [7, 11) is 0. The maximum Gasteiger partial charge on any atom is 0.352 e. The summed E-state index contributed by atoms with van der Waals surface area (Å²) in [6.07, 6.45) is 2.00. The molecule has 1 unspecified atom stereocenters. The molecule has 0 N–H and O–H groups in total. The second kappa shape index (κ2) is 8.40. The van der Waals surface area contributed by atoms with Crippen LogP contribution in [0.3, 0.4) is 0 Å². The van der Waals surface area contributed by atoms with Crippen LogP contribution < -0.4 is 21.0 Å². The van der Waals surface area contributed by atoms with Crippen LogP contribution >= 0.6 is 0 Å². The number of benzene rings is 2. The summed E-state index contributed by atoms with van der Waals surface area (Å²) in [5, 5.41) is 0. The topological polar surface area (TPSA) is 78.5 Å². The number of Topliss-reactive ketones (excluding diaryl/α,β-unsaturated/α-hetero) is 1. The first-order chi connectivity index (χ1) is 17.0. The Balaban J connectivity index is 1.69. The molecule has 2 aliphatic rings. The van der Waals surface area contributed by atoms with Gasteiger partial charge < -0.3 is 9.64 Å². The van der Waals surface area contributed by atoms with Crippen LogP contribution in [0.2, 0.25) is 0 Å². The third-order valence-corrected chi connectivity index (χ3v) is 7.26. The molecule has 0 saturated carbocycles. The van der Waals surface area contributed by atoms with E-state index < -0.39 is 23.0 Å². The molecule has 0 radical (unpaired) electrons. The summed E-state index contributed by atoms with van der Waals surface area (Å²) in [4.78, 5) is 41.2. The van der Waals surface area contributed by atoms with Crippen molar-refractivity contribution in [1.29, 1.82) is 0 Å². The number of fused-ring (bicyclic) bond motifs is 5. The molecule has 0 amide bonds. The molecule has 1 aromatic heterocycles. The van der Waals surface area contributed by atoms with Crippen LogP contribution in [0.4, 0.5) is 5.69 Å². The highest BCUT2D eigenvalue weighted by Gasteiger charge is 2.44. The van der Waals surface area contributed by atoms with E-state index in [1.807, 2.05) is 32.1 Å². The van der Waals surface area contributed by atoms with E-state index in [1.165, 1.54) is 16.2 Å². The van der Waals surface area contributed by atoms with E-state index in [0.29, 0.717) is 23.0 Å². The summed E-state index contributed by atoms with van der Waals surface area (Å²) >= 11 is 0. The number of nitrogens with zero attached hydrogens (tertiary/aromatic N) is 4. The van der Waals surface area contributed by atoms with Gasteiger partial charge in [-0.25, -0.2) is 23.5 Å². The number of anilines is 1. The molecule has 8 heteroatoms. The van der Waals surface area contributed by atoms with Crippen molar-refractivity contribution in [3.8, 4) is 11.4 Å². The molecule has 5 rings (SSSR count). The number of carbonyl (C=O) groups excluding carboxylic acids is 1. The SMILES string of the molecule is CCN(c1ccc2c(c1)OC(C)(C)C1=CCn3c(=O)n(-c4ccc(C(C)=O)cc4)c(=O)n3C12)C(C)C. The lowest BCUT2D eigenvalue weighted by atomic mass is 9.83.